The van der Waals surface area contributed by atoms with Gasteiger partial charge in [-0.05, 0) is 56.1 Å². The molecule has 0 aromatic heterocycles. The van der Waals surface area contributed by atoms with Crippen LogP contribution < -0.4 is 0 Å². The summed E-state index contributed by atoms with van der Waals surface area (Å²) in [6.07, 6.45) is 5.67. The van der Waals surface area contributed by atoms with E-state index in [9.17, 15) is 15.0 Å². The Bertz CT molecular complexity index is 455. The molecule has 2 unspecified atom stereocenters. The summed E-state index contributed by atoms with van der Waals surface area (Å²) in [6, 6.07) is 0. The fourth-order valence-electron chi connectivity index (χ4n) is 2.62. The molecule has 0 aromatic carbocycles. The van der Waals surface area contributed by atoms with Crippen LogP contribution in [0.15, 0.2) is 34.9 Å². The molecule has 0 saturated carbocycles. The topological polar surface area (TPSA) is 57.5 Å². The number of aliphatic hydroxyl groups excluding tert-OH is 1. The van der Waals surface area contributed by atoms with Gasteiger partial charge >= 0.3 is 0 Å². The van der Waals surface area contributed by atoms with Crippen molar-refractivity contribution in [2.24, 2.45) is 5.41 Å². The van der Waals surface area contributed by atoms with Gasteiger partial charge in [-0.15, -0.1) is 0 Å². The number of carbonyl (C=O) groups excluding carboxylic acids is 1. The summed E-state index contributed by atoms with van der Waals surface area (Å²) in [7, 11) is 0. The number of carbonyl (C=O) groups is 1. The highest BCUT2D eigenvalue weighted by Crippen LogP contribution is 2.47. The van der Waals surface area contributed by atoms with E-state index in [1.54, 1.807) is 12.2 Å². The van der Waals surface area contributed by atoms with Gasteiger partial charge in [-0.25, -0.2) is 0 Å². The van der Waals surface area contributed by atoms with Crippen molar-refractivity contribution in [3.8, 4) is 0 Å². The molecule has 3 heteroatoms. The van der Waals surface area contributed by atoms with Gasteiger partial charge < -0.3 is 10.2 Å². The second-order valence-corrected chi connectivity index (χ2v) is 6.06. The SMILES string of the molecule is CC1=C(C)C(O)(/C=C/C(C)=C/C=O)C(C)(C)CC1O. The number of aliphatic hydroxyl groups is 2. The Hall–Kier alpha value is -1.19. The first-order valence-corrected chi connectivity index (χ1v) is 6.55. The van der Waals surface area contributed by atoms with Crippen LogP contribution in [0.5, 0.6) is 0 Å². The first-order valence-electron chi connectivity index (χ1n) is 6.55. The van der Waals surface area contributed by atoms with Gasteiger partial charge in [0.25, 0.3) is 0 Å². The number of hydrogen-bond acceptors (Lipinski definition) is 3. The van der Waals surface area contributed by atoms with E-state index in [0.717, 1.165) is 23.0 Å². The zero-order valence-corrected chi connectivity index (χ0v) is 12.4. The third kappa shape index (κ3) is 2.88. The van der Waals surface area contributed by atoms with Gasteiger partial charge in [-0.3, -0.25) is 4.79 Å². The summed E-state index contributed by atoms with van der Waals surface area (Å²) in [4.78, 5) is 10.4. The summed E-state index contributed by atoms with van der Waals surface area (Å²) in [5.74, 6) is 0. The molecule has 0 heterocycles. The van der Waals surface area contributed by atoms with Crippen molar-refractivity contribution in [2.75, 3.05) is 0 Å². The van der Waals surface area contributed by atoms with Gasteiger partial charge in [-0.1, -0.05) is 19.9 Å². The molecule has 1 aliphatic carbocycles. The van der Waals surface area contributed by atoms with Crippen molar-refractivity contribution >= 4 is 6.29 Å². The average molecular weight is 264 g/mol. The standard InChI is InChI=1S/C16H24O3/c1-11(7-9-17)6-8-16(19)13(3)12(2)14(18)10-15(16,4)5/h6-9,14,18-19H,10H2,1-5H3/b8-6+,11-7+. The molecule has 2 atom stereocenters. The minimum absolute atomic E-state index is 0.464. The van der Waals surface area contributed by atoms with Crippen LogP contribution in [0.3, 0.4) is 0 Å². The Morgan fingerprint density at radius 1 is 1.37 bits per heavy atom. The van der Waals surface area contributed by atoms with E-state index in [1.165, 1.54) is 6.08 Å². The van der Waals surface area contributed by atoms with Crippen molar-refractivity contribution in [1.29, 1.82) is 0 Å². The van der Waals surface area contributed by atoms with Crippen LogP contribution in [-0.4, -0.2) is 28.2 Å². The third-order valence-electron chi connectivity index (χ3n) is 4.32. The fourth-order valence-corrected chi connectivity index (χ4v) is 2.62. The third-order valence-corrected chi connectivity index (χ3v) is 4.32. The summed E-state index contributed by atoms with van der Waals surface area (Å²) in [6.45, 7) is 9.39. The molecule has 0 aliphatic heterocycles. The van der Waals surface area contributed by atoms with Crippen LogP contribution in [0.1, 0.15) is 41.0 Å². The number of aldehydes is 1. The minimum atomic E-state index is -1.10. The molecule has 106 valence electrons. The minimum Gasteiger partial charge on any atom is -0.389 e. The second-order valence-electron chi connectivity index (χ2n) is 6.06. The van der Waals surface area contributed by atoms with E-state index in [-0.39, 0.29) is 0 Å². The molecule has 0 bridgehead atoms. The van der Waals surface area contributed by atoms with Crippen molar-refractivity contribution in [3.63, 3.8) is 0 Å². The molecule has 0 spiro atoms. The fraction of sp³-hybridized carbons (Fsp3) is 0.562. The van der Waals surface area contributed by atoms with E-state index in [4.69, 9.17) is 0 Å². The van der Waals surface area contributed by atoms with Crippen LogP contribution in [0.4, 0.5) is 0 Å². The average Bonchev–Trinajstić information content (AvgIpc) is 2.32. The van der Waals surface area contributed by atoms with E-state index in [0.29, 0.717) is 6.42 Å². The lowest BCUT2D eigenvalue weighted by Gasteiger charge is -2.47. The Morgan fingerprint density at radius 3 is 2.47 bits per heavy atom. The smallest absolute Gasteiger partial charge is 0.143 e. The molecule has 0 aromatic rings. The van der Waals surface area contributed by atoms with Gasteiger partial charge in [0.05, 0.1) is 6.10 Å². The lowest BCUT2D eigenvalue weighted by molar-refractivity contribution is -0.104. The number of hydrogen-bond donors (Lipinski definition) is 2. The molecule has 0 saturated heterocycles. The summed E-state index contributed by atoms with van der Waals surface area (Å²) in [5, 5.41) is 21.0. The molecule has 19 heavy (non-hydrogen) atoms. The first-order chi connectivity index (χ1) is 8.65. The molecule has 3 nitrogen and oxygen atoms in total. The summed E-state index contributed by atoms with van der Waals surface area (Å²) < 4.78 is 0. The normalized spacial score (nSPS) is 31.9. The van der Waals surface area contributed by atoms with E-state index in [1.807, 2.05) is 34.6 Å². The van der Waals surface area contributed by atoms with Crippen LogP contribution >= 0.6 is 0 Å². The Balaban J connectivity index is 3.26. The molecular weight excluding hydrogens is 240 g/mol. The van der Waals surface area contributed by atoms with Gasteiger partial charge in [0.1, 0.15) is 11.9 Å². The molecule has 2 N–H and O–H groups in total. The second kappa shape index (κ2) is 5.43. The Labute approximate surface area is 115 Å². The molecule has 1 rings (SSSR count). The maximum atomic E-state index is 11.0. The van der Waals surface area contributed by atoms with Crippen LogP contribution in [-0.2, 0) is 4.79 Å². The van der Waals surface area contributed by atoms with E-state index < -0.39 is 17.1 Å². The van der Waals surface area contributed by atoms with Crippen molar-refractivity contribution < 1.29 is 15.0 Å². The molecule has 0 amide bonds. The quantitative estimate of drug-likeness (QED) is 0.356. The van der Waals surface area contributed by atoms with Crippen molar-refractivity contribution in [2.45, 2.75) is 52.7 Å². The van der Waals surface area contributed by atoms with Crippen molar-refractivity contribution in [3.05, 3.63) is 34.9 Å². The zero-order valence-electron chi connectivity index (χ0n) is 12.4. The predicted octanol–water partition coefficient (Wildman–Crippen LogP) is 2.55. The monoisotopic (exact) mass is 264 g/mol. The van der Waals surface area contributed by atoms with Gasteiger partial charge in [0.2, 0.25) is 0 Å². The maximum Gasteiger partial charge on any atom is 0.143 e. The van der Waals surface area contributed by atoms with E-state index in [2.05, 4.69) is 0 Å². The lowest BCUT2D eigenvalue weighted by Crippen LogP contribution is -2.50. The number of allylic oxidation sites excluding steroid dienone is 3. The largest absolute Gasteiger partial charge is 0.389 e. The molecule has 1 aliphatic rings. The molecule has 0 fully saturated rings. The molecule has 0 radical (unpaired) electrons. The van der Waals surface area contributed by atoms with Crippen LogP contribution in [0.2, 0.25) is 0 Å². The maximum absolute atomic E-state index is 11.0. The van der Waals surface area contributed by atoms with Gasteiger partial charge in [0.15, 0.2) is 0 Å². The van der Waals surface area contributed by atoms with Gasteiger partial charge in [-0.2, -0.15) is 0 Å². The highest BCUT2D eigenvalue weighted by atomic mass is 16.3. The first kappa shape index (κ1) is 15.9. The van der Waals surface area contributed by atoms with Gasteiger partial charge in [0, 0.05) is 5.41 Å². The Kier molecular flexibility index (Phi) is 4.54. The summed E-state index contributed by atoms with van der Waals surface area (Å²) >= 11 is 0. The highest BCUT2D eigenvalue weighted by Gasteiger charge is 2.48. The predicted molar refractivity (Wildman–Crippen MR) is 76.7 cm³/mol. The lowest BCUT2D eigenvalue weighted by atomic mass is 9.62. The van der Waals surface area contributed by atoms with Crippen LogP contribution in [0, 0.1) is 5.41 Å². The number of rotatable bonds is 3. The Morgan fingerprint density at radius 2 is 1.95 bits per heavy atom. The van der Waals surface area contributed by atoms with Crippen LogP contribution in [0.25, 0.3) is 0 Å². The van der Waals surface area contributed by atoms with E-state index >= 15 is 0 Å². The van der Waals surface area contributed by atoms with Crippen molar-refractivity contribution in [1.82, 2.24) is 0 Å². The molecular formula is C16H24O3. The summed E-state index contributed by atoms with van der Waals surface area (Å²) in [5.41, 5.74) is 0.827. The zero-order chi connectivity index (χ0) is 14.8. The highest BCUT2D eigenvalue weighted by molar-refractivity contribution is 5.67.